The summed E-state index contributed by atoms with van der Waals surface area (Å²) in [5, 5.41) is 2.78. The van der Waals surface area contributed by atoms with Crippen LogP contribution in [0.5, 0.6) is 5.75 Å². The van der Waals surface area contributed by atoms with Gasteiger partial charge in [0.15, 0.2) is 0 Å². The third kappa shape index (κ3) is 4.54. The van der Waals surface area contributed by atoms with Crippen LogP contribution in [-0.4, -0.2) is 38.8 Å². The number of methoxy groups -OCH3 is 1. The van der Waals surface area contributed by atoms with E-state index in [1.807, 2.05) is 18.2 Å². The minimum Gasteiger partial charge on any atom is -0.496 e. The molecular formula is C18H21IN2O4S. The van der Waals surface area contributed by atoms with Crippen molar-refractivity contribution in [3.8, 4) is 5.75 Å². The van der Waals surface area contributed by atoms with Gasteiger partial charge in [0.1, 0.15) is 5.75 Å². The molecule has 0 fully saturated rings. The van der Waals surface area contributed by atoms with Crippen molar-refractivity contribution in [3.63, 3.8) is 0 Å². The number of nitrogens with zero attached hydrogens (tertiary/aromatic N) is 1. The number of carbonyl (C=O) groups excluding carboxylic acids is 1. The van der Waals surface area contributed by atoms with E-state index in [1.54, 1.807) is 19.9 Å². The number of hydrogen-bond donors (Lipinski definition) is 1. The van der Waals surface area contributed by atoms with Crippen LogP contribution in [0, 0.1) is 3.57 Å². The summed E-state index contributed by atoms with van der Waals surface area (Å²) >= 11 is 2.15. The number of amides is 1. The summed E-state index contributed by atoms with van der Waals surface area (Å²) in [5.74, 6) is -0.118. The van der Waals surface area contributed by atoms with Crippen LogP contribution in [0.4, 0.5) is 5.69 Å². The van der Waals surface area contributed by atoms with Crippen LogP contribution in [0.25, 0.3) is 0 Å². The van der Waals surface area contributed by atoms with Gasteiger partial charge in [-0.1, -0.05) is 19.9 Å². The smallest absolute Gasteiger partial charge is 0.259 e. The SMILES string of the molecule is CCN(CC)S(=O)(=O)c1ccc(OC)c(C(=O)Nc2cccc(I)c2)c1. The molecule has 0 radical (unpaired) electrons. The van der Waals surface area contributed by atoms with E-state index in [1.165, 1.54) is 29.6 Å². The van der Waals surface area contributed by atoms with E-state index < -0.39 is 15.9 Å². The molecule has 0 aromatic heterocycles. The first-order valence-corrected chi connectivity index (χ1v) is 10.6. The van der Waals surface area contributed by atoms with Gasteiger partial charge >= 0.3 is 0 Å². The summed E-state index contributed by atoms with van der Waals surface area (Å²) < 4.78 is 33.0. The van der Waals surface area contributed by atoms with Crippen molar-refractivity contribution < 1.29 is 17.9 Å². The molecule has 2 rings (SSSR count). The lowest BCUT2D eigenvalue weighted by Crippen LogP contribution is -2.30. The molecule has 0 saturated carbocycles. The summed E-state index contributed by atoms with van der Waals surface area (Å²) in [7, 11) is -2.22. The van der Waals surface area contributed by atoms with Gasteiger partial charge in [0, 0.05) is 22.3 Å². The Morgan fingerprint density at radius 2 is 1.85 bits per heavy atom. The average Bonchev–Trinajstić information content (AvgIpc) is 2.61. The van der Waals surface area contributed by atoms with Crippen molar-refractivity contribution in [2.24, 2.45) is 0 Å². The van der Waals surface area contributed by atoms with Crippen LogP contribution in [0.2, 0.25) is 0 Å². The zero-order chi connectivity index (χ0) is 19.3. The highest BCUT2D eigenvalue weighted by molar-refractivity contribution is 14.1. The summed E-state index contributed by atoms with van der Waals surface area (Å²) in [6, 6.07) is 11.6. The molecule has 0 aliphatic rings. The van der Waals surface area contributed by atoms with E-state index in [0.717, 1.165) is 3.57 Å². The minimum absolute atomic E-state index is 0.0646. The molecule has 0 spiro atoms. The standard InChI is InChI=1S/C18H21IN2O4S/c1-4-21(5-2)26(23,24)15-9-10-17(25-3)16(12-15)18(22)20-14-8-6-7-13(19)11-14/h6-12H,4-5H2,1-3H3,(H,20,22). The summed E-state index contributed by atoms with van der Waals surface area (Å²) in [6.45, 7) is 4.26. The summed E-state index contributed by atoms with van der Waals surface area (Å²) in [5.41, 5.74) is 0.792. The minimum atomic E-state index is -3.67. The highest BCUT2D eigenvalue weighted by Gasteiger charge is 2.24. The Kier molecular flexibility index (Phi) is 7.01. The zero-order valence-electron chi connectivity index (χ0n) is 14.8. The monoisotopic (exact) mass is 488 g/mol. The second-order valence-corrected chi connectivity index (χ2v) is 8.60. The van der Waals surface area contributed by atoms with Gasteiger partial charge in [-0.3, -0.25) is 4.79 Å². The Bertz CT molecular complexity index is 896. The highest BCUT2D eigenvalue weighted by atomic mass is 127. The molecule has 0 heterocycles. The second kappa shape index (κ2) is 8.83. The molecule has 0 aliphatic heterocycles. The third-order valence-corrected chi connectivity index (χ3v) is 6.56. The average molecular weight is 488 g/mol. The van der Waals surface area contributed by atoms with Crippen LogP contribution in [0.3, 0.4) is 0 Å². The maximum Gasteiger partial charge on any atom is 0.259 e. The van der Waals surface area contributed by atoms with Gasteiger partial charge in [0.05, 0.1) is 17.6 Å². The van der Waals surface area contributed by atoms with Crippen LogP contribution < -0.4 is 10.1 Å². The number of benzene rings is 2. The molecule has 8 heteroatoms. The highest BCUT2D eigenvalue weighted by Crippen LogP contribution is 2.26. The van der Waals surface area contributed by atoms with Gasteiger partial charge < -0.3 is 10.1 Å². The van der Waals surface area contributed by atoms with Crippen molar-refractivity contribution in [2.45, 2.75) is 18.7 Å². The molecule has 140 valence electrons. The van der Waals surface area contributed by atoms with Gasteiger partial charge in [-0.2, -0.15) is 4.31 Å². The van der Waals surface area contributed by atoms with E-state index in [2.05, 4.69) is 27.9 Å². The first-order valence-electron chi connectivity index (χ1n) is 8.08. The molecule has 0 atom stereocenters. The first-order chi connectivity index (χ1) is 12.3. The van der Waals surface area contributed by atoms with Crippen molar-refractivity contribution in [3.05, 3.63) is 51.6 Å². The van der Waals surface area contributed by atoms with Crippen LogP contribution in [0.15, 0.2) is 47.4 Å². The molecule has 2 aromatic rings. The number of halogens is 1. The molecule has 1 amide bonds. The normalized spacial score (nSPS) is 11.4. The fourth-order valence-corrected chi connectivity index (χ4v) is 4.53. The lowest BCUT2D eigenvalue weighted by atomic mass is 10.2. The fraction of sp³-hybridized carbons (Fsp3) is 0.278. The number of nitrogens with one attached hydrogen (secondary N) is 1. The lowest BCUT2D eigenvalue weighted by Gasteiger charge is -2.19. The summed E-state index contributed by atoms with van der Waals surface area (Å²) in [4.78, 5) is 12.8. The van der Waals surface area contributed by atoms with E-state index in [4.69, 9.17) is 4.74 Å². The van der Waals surface area contributed by atoms with Gasteiger partial charge in [0.2, 0.25) is 10.0 Å². The molecule has 0 unspecified atom stereocenters. The number of hydrogen-bond acceptors (Lipinski definition) is 4. The predicted molar refractivity (Wildman–Crippen MR) is 110 cm³/mol. The van der Waals surface area contributed by atoms with Crippen LogP contribution >= 0.6 is 22.6 Å². The van der Waals surface area contributed by atoms with Crippen LogP contribution in [0.1, 0.15) is 24.2 Å². The first kappa shape index (κ1) is 20.7. The molecular weight excluding hydrogens is 467 g/mol. The quantitative estimate of drug-likeness (QED) is 0.605. The molecule has 0 saturated heterocycles. The number of sulfonamides is 1. The maximum atomic E-state index is 12.7. The predicted octanol–water partition coefficient (Wildman–Crippen LogP) is 3.58. The van der Waals surface area contributed by atoms with Gasteiger partial charge in [-0.05, 0) is 59.0 Å². The number of rotatable bonds is 7. The van der Waals surface area contributed by atoms with Crippen molar-refractivity contribution in [1.29, 1.82) is 0 Å². The maximum absolute atomic E-state index is 12.7. The largest absolute Gasteiger partial charge is 0.496 e. The van der Waals surface area contributed by atoms with Crippen molar-refractivity contribution in [1.82, 2.24) is 4.31 Å². The lowest BCUT2D eigenvalue weighted by molar-refractivity contribution is 0.102. The van der Waals surface area contributed by atoms with Crippen molar-refractivity contribution in [2.75, 3.05) is 25.5 Å². The number of carbonyl (C=O) groups is 1. The Morgan fingerprint density at radius 3 is 2.42 bits per heavy atom. The van der Waals surface area contributed by atoms with E-state index >= 15 is 0 Å². The Labute approximate surface area is 167 Å². The Balaban J connectivity index is 2.42. The van der Waals surface area contributed by atoms with Crippen LogP contribution in [-0.2, 0) is 10.0 Å². The molecule has 26 heavy (non-hydrogen) atoms. The number of anilines is 1. The van der Waals surface area contributed by atoms with E-state index in [0.29, 0.717) is 24.5 Å². The fourth-order valence-electron chi connectivity index (χ4n) is 2.50. The molecule has 2 aromatic carbocycles. The van der Waals surface area contributed by atoms with Gasteiger partial charge in [0.25, 0.3) is 5.91 Å². The van der Waals surface area contributed by atoms with Gasteiger partial charge in [-0.25, -0.2) is 8.42 Å². The molecule has 0 bridgehead atoms. The molecule has 0 aliphatic carbocycles. The Morgan fingerprint density at radius 1 is 1.15 bits per heavy atom. The van der Waals surface area contributed by atoms with E-state index in [-0.39, 0.29) is 10.5 Å². The molecule has 1 N–H and O–H groups in total. The van der Waals surface area contributed by atoms with Crippen molar-refractivity contribution >= 4 is 44.2 Å². The molecule has 6 nitrogen and oxygen atoms in total. The number of ether oxygens (including phenoxy) is 1. The van der Waals surface area contributed by atoms with E-state index in [9.17, 15) is 13.2 Å². The summed E-state index contributed by atoms with van der Waals surface area (Å²) in [6.07, 6.45) is 0. The zero-order valence-corrected chi connectivity index (χ0v) is 17.8. The Hall–Kier alpha value is -1.65. The topological polar surface area (TPSA) is 75.7 Å². The second-order valence-electron chi connectivity index (χ2n) is 5.42. The third-order valence-electron chi connectivity index (χ3n) is 3.84. The van der Waals surface area contributed by atoms with Gasteiger partial charge in [-0.15, -0.1) is 0 Å².